The molecular weight excluding hydrogens is 407 g/mol. The zero-order valence-electron chi connectivity index (χ0n) is 17.6. The van der Waals surface area contributed by atoms with E-state index in [1.165, 1.54) is 6.07 Å². The van der Waals surface area contributed by atoms with Gasteiger partial charge in [0.25, 0.3) is 5.91 Å². The highest BCUT2D eigenvalue weighted by Crippen LogP contribution is 2.37. The van der Waals surface area contributed by atoms with Crippen molar-refractivity contribution < 1.29 is 9.18 Å². The van der Waals surface area contributed by atoms with E-state index in [0.29, 0.717) is 29.4 Å². The standard InChI is InChI=1S/C24H23FN6O/c1-2-21-20(25)11-17(13-27-21)15-8-9-26-22(12-15)24(32)29-18-5-3-4-16(10-18)23-30-28-14-31(23)19-6-7-19/h3-5,8-14,19,22,26H,2,6-7H2,1H3,(H,29,32). The van der Waals surface area contributed by atoms with Crippen LogP contribution in [0.15, 0.2) is 61.2 Å². The number of rotatable bonds is 6. The number of nitrogens with one attached hydrogen (secondary N) is 2. The summed E-state index contributed by atoms with van der Waals surface area (Å²) < 4.78 is 16.2. The molecule has 5 rings (SSSR count). The van der Waals surface area contributed by atoms with Gasteiger partial charge in [-0.1, -0.05) is 19.1 Å². The third-order valence-electron chi connectivity index (χ3n) is 5.65. The second-order valence-corrected chi connectivity index (χ2v) is 7.97. The molecule has 8 heteroatoms. The largest absolute Gasteiger partial charge is 0.376 e. The smallest absolute Gasteiger partial charge is 0.250 e. The average Bonchev–Trinajstić information content (AvgIpc) is 3.55. The van der Waals surface area contributed by atoms with Crippen LogP contribution >= 0.6 is 0 Å². The molecule has 1 amide bonds. The fourth-order valence-corrected chi connectivity index (χ4v) is 3.78. The van der Waals surface area contributed by atoms with E-state index >= 15 is 0 Å². The summed E-state index contributed by atoms with van der Waals surface area (Å²) in [5, 5.41) is 14.3. The molecule has 1 saturated carbocycles. The SMILES string of the molecule is CCc1ncc(C2=CC(C(=O)Nc3cccc(-c4nncn4C4CC4)c3)NC=C2)cc1F. The Hall–Kier alpha value is -3.81. The molecule has 32 heavy (non-hydrogen) atoms. The van der Waals surface area contributed by atoms with Crippen LogP contribution in [0.2, 0.25) is 0 Å². The van der Waals surface area contributed by atoms with E-state index in [-0.39, 0.29) is 11.7 Å². The number of aryl methyl sites for hydroxylation is 1. The van der Waals surface area contributed by atoms with E-state index in [4.69, 9.17) is 0 Å². The van der Waals surface area contributed by atoms with Crippen molar-refractivity contribution in [1.29, 1.82) is 0 Å². The number of amides is 1. The van der Waals surface area contributed by atoms with Gasteiger partial charge in [0.05, 0.1) is 5.69 Å². The number of hydrogen-bond acceptors (Lipinski definition) is 5. The lowest BCUT2D eigenvalue weighted by Crippen LogP contribution is -2.37. The fourth-order valence-electron chi connectivity index (χ4n) is 3.78. The third kappa shape index (κ3) is 4.03. The molecule has 1 fully saturated rings. The molecule has 7 nitrogen and oxygen atoms in total. The third-order valence-corrected chi connectivity index (χ3v) is 5.65. The van der Waals surface area contributed by atoms with Crippen LogP contribution < -0.4 is 10.6 Å². The van der Waals surface area contributed by atoms with Crippen molar-refractivity contribution in [3.63, 3.8) is 0 Å². The number of aromatic nitrogens is 4. The zero-order chi connectivity index (χ0) is 22.1. The first-order valence-corrected chi connectivity index (χ1v) is 10.7. The minimum atomic E-state index is -0.595. The minimum absolute atomic E-state index is 0.216. The second kappa shape index (κ2) is 8.37. The van der Waals surface area contributed by atoms with Gasteiger partial charge in [-0.05, 0) is 61.4 Å². The van der Waals surface area contributed by atoms with Crippen molar-refractivity contribution in [2.75, 3.05) is 5.32 Å². The zero-order valence-corrected chi connectivity index (χ0v) is 17.6. The maximum atomic E-state index is 14.2. The molecule has 2 N–H and O–H groups in total. The predicted octanol–water partition coefficient (Wildman–Crippen LogP) is 3.88. The minimum Gasteiger partial charge on any atom is -0.376 e. The summed E-state index contributed by atoms with van der Waals surface area (Å²) in [5.41, 5.74) is 3.38. The van der Waals surface area contributed by atoms with Gasteiger partial charge in [-0.15, -0.1) is 10.2 Å². The Kier molecular flexibility index (Phi) is 5.26. The molecule has 1 aliphatic carbocycles. The van der Waals surface area contributed by atoms with Crippen molar-refractivity contribution in [1.82, 2.24) is 25.1 Å². The Morgan fingerprint density at radius 2 is 2.16 bits per heavy atom. The lowest BCUT2D eigenvalue weighted by Gasteiger charge is -2.19. The Morgan fingerprint density at radius 1 is 1.28 bits per heavy atom. The maximum absolute atomic E-state index is 14.2. The number of halogens is 1. The summed E-state index contributed by atoms with van der Waals surface area (Å²) in [6.45, 7) is 1.86. The van der Waals surface area contributed by atoms with Crippen molar-refractivity contribution in [2.45, 2.75) is 38.3 Å². The Morgan fingerprint density at radius 3 is 2.94 bits per heavy atom. The van der Waals surface area contributed by atoms with Crippen LogP contribution in [0.25, 0.3) is 17.0 Å². The van der Waals surface area contributed by atoms with Crippen molar-refractivity contribution in [2.24, 2.45) is 0 Å². The van der Waals surface area contributed by atoms with Gasteiger partial charge in [-0.25, -0.2) is 4.39 Å². The first-order chi connectivity index (χ1) is 15.6. The van der Waals surface area contributed by atoms with E-state index in [0.717, 1.165) is 29.8 Å². The molecule has 2 aromatic heterocycles. The van der Waals surface area contributed by atoms with Gasteiger partial charge in [-0.2, -0.15) is 0 Å². The molecule has 1 aromatic carbocycles. The molecule has 1 aliphatic heterocycles. The molecule has 0 radical (unpaired) electrons. The molecule has 3 heterocycles. The molecule has 1 unspecified atom stereocenters. The van der Waals surface area contributed by atoms with E-state index in [1.54, 1.807) is 30.9 Å². The van der Waals surface area contributed by atoms with Gasteiger partial charge in [0.1, 0.15) is 18.2 Å². The van der Waals surface area contributed by atoms with Gasteiger partial charge in [0.15, 0.2) is 5.82 Å². The van der Waals surface area contributed by atoms with Crippen LogP contribution in [0.1, 0.15) is 37.1 Å². The average molecular weight is 430 g/mol. The van der Waals surface area contributed by atoms with Crippen molar-refractivity contribution in [3.05, 3.63) is 78.3 Å². The van der Waals surface area contributed by atoms with Crippen LogP contribution in [0.4, 0.5) is 10.1 Å². The van der Waals surface area contributed by atoms with Crippen LogP contribution in [0.5, 0.6) is 0 Å². The molecule has 1 atom stereocenters. The maximum Gasteiger partial charge on any atom is 0.250 e. The number of dihydropyridines is 1. The van der Waals surface area contributed by atoms with E-state index in [2.05, 4.69) is 30.4 Å². The summed E-state index contributed by atoms with van der Waals surface area (Å²) in [4.78, 5) is 17.1. The van der Waals surface area contributed by atoms with E-state index in [1.807, 2.05) is 31.2 Å². The molecule has 0 bridgehead atoms. The van der Waals surface area contributed by atoms with E-state index in [9.17, 15) is 9.18 Å². The van der Waals surface area contributed by atoms with Crippen LogP contribution in [-0.4, -0.2) is 31.7 Å². The predicted molar refractivity (Wildman–Crippen MR) is 120 cm³/mol. The van der Waals surface area contributed by atoms with Crippen LogP contribution in [0.3, 0.4) is 0 Å². The molecular formula is C24H23FN6O. The van der Waals surface area contributed by atoms with Gasteiger partial charge in [0.2, 0.25) is 0 Å². The normalized spacial score (nSPS) is 17.6. The number of nitrogens with zero attached hydrogens (tertiary/aromatic N) is 4. The number of pyridine rings is 1. The summed E-state index contributed by atoms with van der Waals surface area (Å²) in [6.07, 6.45) is 11.5. The van der Waals surface area contributed by atoms with Gasteiger partial charge < -0.3 is 15.2 Å². The topological polar surface area (TPSA) is 84.7 Å². The van der Waals surface area contributed by atoms with Crippen molar-refractivity contribution >= 4 is 17.2 Å². The highest BCUT2D eigenvalue weighted by molar-refractivity contribution is 5.98. The van der Waals surface area contributed by atoms with Crippen LogP contribution in [-0.2, 0) is 11.2 Å². The van der Waals surface area contributed by atoms with Crippen molar-refractivity contribution in [3.8, 4) is 11.4 Å². The highest BCUT2D eigenvalue weighted by atomic mass is 19.1. The summed E-state index contributed by atoms with van der Waals surface area (Å²) >= 11 is 0. The number of hydrogen-bond donors (Lipinski definition) is 2. The number of allylic oxidation sites excluding steroid dienone is 2. The number of anilines is 1. The molecule has 0 saturated heterocycles. The fraction of sp³-hybridized carbons (Fsp3) is 0.250. The van der Waals surface area contributed by atoms with Gasteiger partial charge in [0, 0.05) is 29.1 Å². The number of benzene rings is 1. The first kappa shape index (κ1) is 20.1. The first-order valence-electron chi connectivity index (χ1n) is 10.7. The lowest BCUT2D eigenvalue weighted by molar-refractivity contribution is -0.116. The Labute approximate surface area is 185 Å². The Bertz CT molecular complexity index is 1230. The van der Waals surface area contributed by atoms with E-state index < -0.39 is 6.04 Å². The molecule has 2 aliphatic rings. The quantitative estimate of drug-likeness (QED) is 0.620. The van der Waals surface area contributed by atoms with Gasteiger partial charge >= 0.3 is 0 Å². The summed E-state index contributed by atoms with van der Waals surface area (Å²) in [5.74, 6) is 0.246. The number of carbonyl (C=O) groups excluding carboxylic acids is 1. The van der Waals surface area contributed by atoms with Crippen LogP contribution in [0, 0.1) is 5.82 Å². The lowest BCUT2D eigenvalue weighted by atomic mass is 10.0. The summed E-state index contributed by atoms with van der Waals surface area (Å²) in [6, 6.07) is 8.91. The molecule has 0 spiro atoms. The Balaban J connectivity index is 1.33. The molecule has 3 aromatic rings. The number of carbonyl (C=O) groups is 1. The highest BCUT2D eigenvalue weighted by Gasteiger charge is 2.26. The molecule has 162 valence electrons. The monoisotopic (exact) mass is 430 g/mol. The summed E-state index contributed by atoms with van der Waals surface area (Å²) in [7, 11) is 0. The van der Waals surface area contributed by atoms with Gasteiger partial charge in [-0.3, -0.25) is 9.78 Å². The second-order valence-electron chi connectivity index (χ2n) is 7.97.